The molecule has 0 fully saturated rings. The molecule has 2 aromatic rings. The molecule has 0 unspecified atom stereocenters. The number of nitrogens with one attached hydrogen (secondary N) is 2. The van der Waals surface area contributed by atoms with Crippen LogP contribution in [0.2, 0.25) is 0 Å². The van der Waals surface area contributed by atoms with E-state index in [-0.39, 0.29) is 12.3 Å². The highest BCUT2D eigenvalue weighted by Gasteiger charge is 2.17. The van der Waals surface area contributed by atoms with Crippen molar-refractivity contribution in [2.75, 3.05) is 5.32 Å². The third-order valence-electron chi connectivity index (χ3n) is 3.32. The summed E-state index contributed by atoms with van der Waals surface area (Å²) in [7, 11) is 0. The number of amides is 2. The molecule has 126 valence electrons. The van der Waals surface area contributed by atoms with Gasteiger partial charge in [0.05, 0.1) is 5.69 Å². The lowest BCUT2D eigenvalue weighted by molar-refractivity contribution is -0.117. The Hall–Kier alpha value is -2.89. The first-order valence-electron chi connectivity index (χ1n) is 7.50. The van der Waals surface area contributed by atoms with E-state index in [0.717, 1.165) is 11.1 Å². The van der Waals surface area contributed by atoms with Crippen molar-refractivity contribution in [1.29, 1.82) is 0 Å². The Morgan fingerprint density at radius 2 is 1.88 bits per heavy atom. The highest BCUT2D eigenvalue weighted by atomic mass is 19.1. The fraction of sp³-hybridized carbons (Fsp3) is 0.222. The van der Waals surface area contributed by atoms with Crippen molar-refractivity contribution in [3.63, 3.8) is 0 Å². The lowest BCUT2D eigenvalue weighted by Gasteiger charge is -2.14. The Morgan fingerprint density at radius 3 is 2.54 bits per heavy atom. The second kappa shape index (κ2) is 8.10. The van der Waals surface area contributed by atoms with E-state index in [0.29, 0.717) is 0 Å². The predicted molar refractivity (Wildman–Crippen MR) is 89.0 cm³/mol. The Labute approximate surface area is 139 Å². The van der Waals surface area contributed by atoms with Gasteiger partial charge in [-0.3, -0.25) is 4.79 Å². The SMILES string of the molecule is Cc1ccc(NC(=O)[C@H](C)NC(=O)OCc2ccccc2)c(F)c1. The van der Waals surface area contributed by atoms with Crippen LogP contribution in [0.25, 0.3) is 0 Å². The fourth-order valence-electron chi connectivity index (χ4n) is 1.97. The zero-order chi connectivity index (χ0) is 17.5. The second-order valence-corrected chi connectivity index (χ2v) is 5.40. The average molecular weight is 330 g/mol. The largest absolute Gasteiger partial charge is 0.445 e. The monoisotopic (exact) mass is 330 g/mol. The standard InChI is InChI=1S/C18H19FN2O3/c1-12-8-9-16(15(19)10-12)21-17(22)13(2)20-18(23)24-11-14-6-4-3-5-7-14/h3-10,13H,11H2,1-2H3,(H,20,23)(H,21,22)/t13-/m0/s1. The Bertz CT molecular complexity index is 719. The van der Waals surface area contributed by atoms with Crippen LogP contribution in [-0.4, -0.2) is 18.0 Å². The number of halogens is 1. The Kier molecular flexibility index (Phi) is 5.89. The van der Waals surface area contributed by atoms with Gasteiger partial charge in [0.1, 0.15) is 18.5 Å². The average Bonchev–Trinajstić information content (AvgIpc) is 2.56. The second-order valence-electron chi connectivity index (χ2n) is 5.40. The molecule has 0 spiro atoms. The van der Waals surface area contributed by atoms with Crippen LogP contribution in [0.15, 0.2) is 48.5 Å². The molecule has 0 saturated heterocycles. The molecule has 0 radical (unpaired) electrons. The van der Waals surface area contributed by atoms with Crippen molar-refractivity contribution in [1.82, 2.24) is 5.32 Å². The first-order chi connectivity index (χ1) is 11.5. The molecule has 2 amide bonds. The van der Waals surface area contributed by atoms with Crippen LogP contribution in [0, 0.1) is 12.7 Å². The van der Waals surface area contributed by atoms with Crippen molar-refractivity contribution in [3.8, 4) is 0 Å². The molecule has 24 heavy (non-hydrogen) atoms. The van der Waals surface area contributed by atoms with E-state index in [4.69, 9.17) is 4.74 Å². The van der Waals surface area contributed by atoms with E-state index < -0.39 is 23.9 Å². The molecule has 0 aromatic heterocycles. The summed E-state index contributed by atoms with van der Waals surface area (Å²) in [6.45, 7) is 3.35. The molecule has 0 aliphatic heterocycles. The van der Waals surface area contributed by atoms with Crippen LogP contribution < -0.4 is 10.6 Å². The minimum Gasteiger partial charge on any atom is -0.445 e. The van der Waals surface area contributed by atoms with Crippen molar-refractivity contribution in [2.45, 2.75) is 26.5 Å². The van der Waals surface area contributed by atoms with E-state index in [2.05, 4.69) is 10.6 Å². The highest BCUT2D eigenvalue weighted by molar-refractivity contribution is 5.96. The fourth-order valence-corrected chi connectivity index (χ4v) is 1.97. The van der Waals surface area contributed by atoms with Gasteiger partial charge in [-0.2, -0.15) is 0 Å². The molecule has 0 aliphatic carbocycles. The van der Waals surface area contributed by atoms with Crippen LogP contribution >= 0.6 is 0 Å². The van der Waals surface area contributed by atoms with Crippen LogP contribution in [0.3, 0.4) is 0 Å². The van der Waals surface area contributed by atoms with E-state index >= 15 is 0 Å². The molecule has 0 bridgehead atoms. The number of aryl methyl sites for hydroxylation is 1. The van der Waals surface area contributed by atoms with Gasteiger partial charge in [0.2, 0.25) is 5.91 Å². The quantitative estimate of drug-likeness (QED) is 0.883. The van der Waals surface area contributed by atoms with E-state index in [1.54, 1.807) is 13.0 Å². The molecular weight excluding hydrogens is 311 g/mol. The minimum atomic E-state index is -0.867. The summed E-state index contributed by atoms with van der Waals surface area (Å²) in [6.07, 6.45) is -0.717. The summed E-state index contributed by atoms with van der Waals surface area (Å²) in [4.78, 5) is 23.7. The summed E-state index contributed by atoms with van der Waals surface area (Å²) in [6, 6.07) is 12.8. The molecule has 2 rings (SSSR count). The first-order valence-corrected chi connectivity index (χ1v) is 7.50. The summed E-state index contributed by atoms with van der Waals surface area (Å²) in [5.74, 6) is -1.06. The lowest BCUT2D eigenvalue weighted by atomic mass is 10.2. The van der Waals surface area contributed by atoms with Gasteiger partial charge < -0.3 is 15.4 Å². The summed E-state index contributed by atoms with van der Waals surface area (Å²) in [5.41, 5.74) is 1.66. The van der Waals surface area contributed by atoms with Gasteiger partial charge in [-0.05, 0) is 37.1 Å². The summed E-state index contributed by atoms with van der Waals surface area (Å²) >= 11 is 0. The van der Waals surface area contributed by atoms with Gasteiger partial charge in [0, 0.05) is 0 Å². The molecule has 0 aliphatic rings. The Balaban J connectivity index is 1.83. The maximum absolute atomic E-state index is 13.7. The number of carbonyl (C=O) groups is 2. The molecule has 2 aromatic carbocycles. The normalized spacial score (nSPS) is 11.5. The van der Waals surface area contributed by atoms with Gasteiger partial charge in [0.25, 0.3) is 0 Å². The van der Waals surface area contributed by atoms with Crippen LogP contribution in [0.1, 0.15) is 18.1 Å². The maximum Gasteiger partial charge on any atom is 0.408 e. The molecule has 0 heterocycles. The van der Waals surface area contributed by atoms with Gasteiger partial charge in [-0.25, -0.2) is 9.18 Å². The number of hydrogen-bond acceptors (Lipinski definition) is 3. The van der Waals surface area contributed by atoms with Gasteiger partial charge in [-0.15, -0.1) is 0 Å². The zero-order valence-corrected chi connectivity index (χ0v) is 13.5. The van der Waals surface area contributed by atoms with E-state index in [1.165, 1.54) is 19.1 Å². The molecule has 6 heteroatoms. The number of benzene rings is 2. The number of rotatable bonds is 5. The number of carbonyl (C=O) groups excluding carboxylic acids is 2. The predicted octanol–water partition coefficient (Wildman–Crippen LogP) is 3.39. The van der Waals surface area contributed by atoms with Crippen LogP contribution in [-0.2, 0) is 16.1 Å². The van der Waals surface area contributed by atoms with Crippen molar-refractivity contribution >= 4 is 17.7 Å². The smallest absolute Gasteiger partial charge is 0.408 e. The third kappa shape index (κ3) is 5.08. The topological polar surface area (TPSA) is 67.4 Å². The molecule has 5 nitrogen and oxygen atoms in total. The Morgan fingerprint density at radius 1 is 1.17 bits per heavy atom. The molecular formula is C18H19FN2O3. The van der Waals surface area contributed by atoms with Crippen molar-refractivity contribution in [3.05, 3.63) is 65.5 Å². The number of hydrogen-bond donors (Lipinski definition) is 2. The summed E-state index contributed by atoms with van der Waals surface area (Å²) < 4.78 is 18.8. The van der Waals surface area contributed by atoms with E-state index in [9.17, 15) is 14.0 Å². The van der Waals surface area contributed by atoms with Gasteiger partial charge in [0.15, 0.2) is 0 Å². The van der Waals surface area contributed by atoms with Crippen LogP contribution in [0.4, 0.5) is 14.9 Å². The minimum absolute atomic E-state index is 0.0666. The summed E-state index contributed by atoms with van der Waals surface area (Å²) in [5, 5.41) is 4.84. The first kappa shape index (κ1) is 17.5. The molecule has 0 saturated carbocycles. The number of anilines is 1. The van der Waals surface area contributed by atoms with Crippen molar-refractivity contribution < 1.29 is 18.7 Å². The molecule has 2 N–H and O–H groups in total. The van der Waals surface area contributed by atoms with Gasteiger partial charge in [-0.1, -0.05) is 36.4 Å². The third-order valence-corrected chi connectivity index (χ3v) is 3.32. The maximum atomic E-state index is 13.7. The van der Waals surface area contributed by atoms with E-state index in [1.807, 2.05) is 30.3 Å². The van der Waals surface area contributed by atoms with Gasteiger partial charge >= 0.3 is 6.09 Å². The lowest BCUT2D eigenvalue weighted by Crippen LogP contribution is -2.41. The number of alkyl carbamates (subject to hydrolysis) is 1. The van der Waals surface area contributed by atoms with Crippen molar-refractivity contribution in [2.24, 2.45) is 0 Å². The van der Waals surface area contributed by atoms with Crippen LogP contribution in [0.5, 0.6) is 0 Å². The molecule has 1 atom stereocenters. The number of ether oxygens (including phenoxy) is 1. The zero-order valence-electron chi connectivity index (χ0n) is 13.5. The highest BCUT2D eigenvalue weighted by Crippen LogP contribution is 2.15.